The number of ether oxygens (including phenoxy) is 1. The monoisotopic (exact) mass is 554 g/mol. The molecule has 0 spiro atoms. The number of benzene rings is 4. The van der Waals surface area contributed by atoms with Crippen LogP contribution in [0.25, 0.3) is 16.8 Å². The molecule has 0 radical (unpaired) electrons. The molecule has 184 valence electrons. The van der Waals surface area contributed by atoms with Crippen molar-refractivity contribution in [1.82, 2.24) is 5.32 Å². The number of carbonyl (C=O) groups is 3. The van der Waals surface area contributed by atoms with Gasteiger partial charge in [-0.1, -0.05) is 83.5 Å². The van der Waals surface area contributed by atoms with Crippen molar-refractivity contribution in [2.45, 2.75) is 20.0 Å². The predicted molar refractivity (Wildman–Crippen MR) is 147 cm³/mol. The molecule has 1 N–H and O–H groups in total. The van der Waals surface area contributed by atoms with Gasteiger partial charge in [0.2, 0.25) is 0 Å². The topological polar surface area (TPSA) is 75.7 Å². The number of anilines is 1. The quantitative estimate of drug-likeness (QED) is 0.220. The number of barbiturate groups is 1. The molecular weight excluding hydrogens is 532 g/mol. The summed E-state index contributed by atoms with van der Waals surface area (Å²) >= 11 is 3.44. The lowest BCUT2D eigenvalue weighted by molar-refractivity contribution is -0.122. The first-order valence-electron chi connectivity index (χ1n) is 11.8. The normalized spacial score (nSPS) is 14.8. The maximum atomic E-state index is 13.6. The van der Waals surface area contributed by atoms with E-state index in [1.165, 1.54) is 6.08 Å². The summed E-state index contributed by atoms with van der Waals surface area (Å²) in [4.78, 5) is 40.3. The van der Waals surface area contributed by atoms with Crippen LogP contribution in [0.4, 0.5) is 10.5 Å². The molecule has 6 nitrogen and oxygen atoms in total. The van der Waals surface area contributed by atoms with E-state index in [-0.39, 0.29) is 5.57 Å². The summed E-state index contributed by atoms with van der Waals surface area (Å²) in [5, 5.41) is 4.07. The lowest BCUT2D eigenvalue weighted by Gasteiger charge is -2.28. The molecule has 0 atom stereocenters. The third kappa shape index (κ3) is 4.90. The van der Waals surface area contributed by atoms with E-state index in [2.05, 4.69) is 21.2 Å². The maximum Gasteiger partial charge on any atom is 0.335 e. The molecule has 5 rings (SSSR count). The molecule has 37 heavy (non-hydrogen) atoms. The van der Waals surface area contributed by atoms with Crippen molar-refractivity contribution >= 4 is 56.3 Å². The zero-order valence-corrected chi connectivity index (χ0v) is 21.6. The van der Waals surface area contributed by atoms with Crippen molar-refractivity contribution in [3.8, 4) is 5.75 Å². The number of aryl methyl sites for hydroxylation is 1. The standard InChI is InChI=1S/C30H23BrN2O4/c1-2-20-7-4-6-10-26(20)33-29(35)25(28(34)32-30(33)36)17-24-23-9-5-3-8-21(23)13-16-27(24)37-18-19-11-14-22(31)15-12-19/h3-17H,2,18H2,1H3,(H,32,34,36)/b25-17-. The van der Waals surface area contributed by atoms with Gasteiger partial charge in [0.15, 0.2) is 0 Å². The van der Waals surface area contributed by atoms with Crippen molar-refractivity contribution in [3.63, 3.8) is 0 Å². The molecule has 4 amide bonds. The number of rotatable bonds is 6. The fraction of sp³-hybridized carbons (Fsp3) is 0.100. The summed E-state index contributed by atoms with van der Waals surface area (Å²) < 4.78 is 7.14. The SMILES string of the molecule is CCc1ccccc1N1C(=O)NC(=O)/C(=C/c2c(OCc3ccc(Br)cc3)ccc3ccccc23)C1=O. The second kappa shape index (κ2) is 10.4. The minimum Gasteiger partial charge on any atom is -0.488 e. The molecule has 7 heteroatoms. The van der Waals surface area contributed by atoms with Crippen LogP contribution in [0.15, 0.2) is 95.0 Å². The van der Waals surface area contributed by atoms with Gasteiger partial charge in [0.25, 0.3) is 11.8 Å². The highest BCUT2D eigenvalue weighted by atomic mass is 79.9. The molecule has 0 aromatic heterocycles. The Morgan fingerprint density at radius 1 is 0.892 bits per heavy atom. The zero-order valence-electron chi connectivity index (χ0n) is 20.0. The summed E-state index contributed by atoms with van der Waals surface area (Å²) in [5.74, 6) is -0.902. The maximum absolute atomic E-state index is 13.6. The van der Waals surface area contributed by atoms with Gasteiger partial charge < -0.3 is 4.74 Å². The second-order valence-electron chi connectivity index (χ2n) is 8.55. The van der Waals surface area contributed by atoms with Crippen LogP contribution in [0.5, 0.6) is 5.75 Å². The molecule has 0 unspecified atom stereocenters. The van der Waals surface area contributed by atoms with Gasteiger partial charge in [-0.05, 0) is 58.7 Å². The molecular formula is C30H23BrN2O4. The second-order valence-corrected chi connectivity index (χ2v) is 9.47. The Morgan fingerprint density at radius 2 is 1.62 bits per heavy atom. The van der Waals surface area contributed by atoms with Gasteiger partial charge in [0.05, 0.1) is 5.69 Å². The largest absolute Gasteiger partial charge is 0.488 e. The summed E-state index contributed by atoms with van der Waals surface area (Å²) in [6.07, 6.45) is 2.14. The van der Waals surface area contributed by atoms with Gasteiger partial charge in [-0.15, -0.1) is 0 Å². The molecule has 4 aromatic carbocycles. The number of amides is 4. The van der Waals surface area contributed by atoms with E-state index in [1.54, 1.807) is 12.1 Å². The van der Waals surface area contributed by atoms with Gasteiger partial charge in [-0.25, -0.2) is 9.69 Å². The van der Waals surface area contributed by atoms with Crippen LogP contribution in [0.1, 0.15) is 23.6 Å². The third-order valence-corrected chi connectivity index (χ3v) is 6.77. The number of urea groups is 1. The number of halogens is 1. The van der Waals surface area contributed by atoms with E-state index in [1.807, 2.05) is 79.7 Å². The van der Waals surface area contributed by atoms with E-state index in [4.69, 9.17) is 4.74 Å². The first-order chi connectivity index (χ1) is 18.0. The number of fused-ring (bicyclic) bond motifs is 1. The Labute approximate surface area is 222 Å². The summed E-state index contributed by atoms with van der Waals surface area (Å²) in [6, 6.07) is 25.6. The molecule has 0 aliphatic carbocycles. The first kappa shape index (κ1) is 24.5. The Morgan fingerprint density at radius 3 is 2.41 bits per heavy atom. The fourth-order valence-electron chi connectivity index (χ4n) is 4.34. The van der Waals surface area contributed by atoms with Crippen molar-refractivity contribution in [2.75, 3.05) is 4.90 Å². The number of nitrogens with one attached hydrogen (secondary N) is 1. The number of imide groups is 2. The van der Waals surface area contributed by atoms with Crippen molar-refractivity contribution in [3.05, 3.63) is 112 Å². The average molecular weight is 555 g/mol. The highest BCUT2D eigenvalue weighted by Crippen LogP contribution is 2.33. The number of para-hydroxylation sites is 1. The van der Waals surface area contributed by atoms with Gasteiger partial charge >= 0.3 is 6.03 Å². The average Bonchev–Trinajstić information content (AvgIpc) is 2.91. The predicted octanol–water partition coefficient (Wildman–Crippen LogP) is 6.41. The molecule has 1 aliphatic heterocycles. The summed E-state index contributed by atoms with van der Waals surface area (Å²) in [7, 11) is 0. The van der Waals surface area contributed by atoms with Gasteiger partial charge in [0, 0.05) is 10.0 Å². The Bertz CT molecular complexity index is 1560. The number of nitrogens with zero attached hydrogens (tertiary/aromatic N) is 1. The van der Waals surface area contributed by atoms with Gasteiger partial charge in [0.1, 0.15) is 17.9 Å². The van der Waals surface area contributed by atoms with E-state index < -0.39 is 17.8 Å². The fourth-order valence-corrected chi connectivity index (χ4v) is 4.60. The molecule has 0 bridgehead atoms. The molecule has 4 aromatic rings. The molecule has 0 saturated carbocycles. The zero-order chi connectivity index (χ0) is 25.9. The lowest BCUT2D eigenvalue weighted by Crippen LogP contribution is -2.54. The number of hydrogen-bond acceptors (Lipinski definition) is 4. The van der Waals surface area contributed by atoms with Crippen LogP contribution < -0.4 is 15.0 Å². The van der Waals surface area contributed by atoms with Crippen molar-refractivity contribution < 1.29 is 19.1 Å². The van der Waals surface area contributed by atoms with Crippen LogP contribution in [0.3, 0.4) is 0 Å². The van der Waals surface area contributed by atoms with Crippen LogP contribution >= 0.6 is 15.9 Å². The Hall–Kier alpha value is -4.23. The minimum absolute atomic E-state index is 0.143. The molecule has 1 heterocycles. The first-order valence-corrected chi connectivity index (χ1v) is 12.6. The molecule has 1 fully saturated rings. The summed E-state index contributed by atoms with van der Waals surface area (Å²) in [5.41, 5.74) is 2.69. The van der Waals surface area contributed by atoms with E-state index in [9.17, 15) is 14.4 Å². The molecule has 1 saturated heterocycles. The van der Waals surface area contributed by atoms with Crippen LogP contribution in [-0.4, -0.2) is 17.8 Å². The van der Waals surface area contributed by atoms with Crippen LogP contribution in [0.2, 0.25) is 0 Å². The highest BCUT2D eigenvalue weighted by Gasteiger charge is 2.37. The smallest absolute Gasteiger partial charge is 0.335 e. The number of hydrogen-bond donors (Lipinski definition) is 1. The van der Waals surface area contributed by atoms with Gasteiger partial charge in [-0.3, -0.25) is 14.9 Å². The van der Waals surface area contributed by atoms with Crippen molar-refractivity contribution in [1.29, 1.82) is 0 Å². The van der Waals surface area contributed by atoms with Crippen molar-refractivity contribution in [2.24, 2.45) is 0 Å². The van der Waals surface area contributed by atoms with Crippen LogP contribution in [0, 0.1) is 0 Å². The third-order valence-electron chi connectivity index (χ3n) is 6.24. The Kier molecular flexibility index (Phi) is 6.88. The van der Waals surface area contributed by atoms with E-state index in [0.29, 0.717) is 30.0 Å². The highest BCUT2D eigenvalue weighted by molar-refractivity contribution is 9.10. The van der Waals surface area contributed by atoms with E-state index >= 15 is 0 Å². The van der Waals surface area contributed by atoms with E-state index in [0.717, 1.165) is 31.3 Å². The van der Waals surface area contributed by atoms with Gasteiger partial charge in [-0.2, -0.15) is 0 Å². The van der Waals surface area contributed by atoms with Crippen LogP contribution in [-0.2, 0) is 22.6 Å². The minimum atomic E-state index is -0.766. The summed E-state index contributed by atoms with van der Waals surface area (Å²) in [6.45, 7) is 2.24. The molecule has 1 aliphatic rings. The lowest BCUT2D eigenvalue weighted by atomic mass is 9.99. The Balaban J connectivity index is 1.59. The number of carbonyl (C=O) groups excluding carboxylic acids is 3.